The third kappa shape index (κ3) is 2.01. The van der Waals surface area contributed by atoms with E-state index in [9.17, 15) is 4.39 Å². The molecule has 76 valence electrons. The summed E-state index contributed by atoms with van der Waals surface area (Å²) in [7, 11) is 0. The highest BCUT2D eigenvalue weighted by Crippen LogP contribution is 2.18. The molecular weight excluding hydrogens is 191 g/mol. The van der Waals surface area contributed by atoms with E-state index < -0.39 is 0 Å². The van der Waals surface area contributed by atoms with Gasteiger partial charge in [0, 0.05) is 11.8 Å². The van der Waals surface area contributed by atoms with Gasteiger partial charge in [-0.2, -0.15) is 0 Å². The molecule has 0 aliphatic rings. The van der Waals surface area contributed by atoms with Crippen LogP contribution in [0, 0.1) is 19.7 Å². The molecule has 0 amide bonds. The molecule has 0 radical (unpaired) electrons. The lowest BCUT2D eigenvalue weighted by molar-refractivity contribution is 0.618. The Hall–Kier alpha value is -1.77. The highest BCUT2D eigenvalue weighted by molar-refractivity contribution is 5.58. The van der Waals surface area contributed by atoms with Crippen LogP contribution in [-0.4, -0.2) is 9.97 Å². The molecule has 2 nitrogen and oxygen atoms in total. The molecule has 0 N–H and O–H groups in total. The molecule has 0 unspecified atom stereocenters. The lowest BCUT2D eigenvalue weighted by Gasteiger charge is -2.02. The summed E-state index contributed by atoms with van der Waals surface area (Å²) in [6.07, 6.45) is 3.40. The minimum absolute atomic E-state index is 0.196. The van der Waals surface area contributed by atoms with Gasteiger partial charge in [-0.05, 0) is 37.6 Å². The molecule has 0 saturated heterocycles. The van der Waals surface area contributed by atoms with Crippen LogP contribution >= 0.6 is 0 Å². The lowest BCUT2D eigenvalue weighted by Crippen LogP contribution is -1.89. The van der Waals surface area contributed by atoms with Crippen LogP contribution in [0.4, 0.5) is 4.39 Å². The van der Waals surface area contributed by atoms with Crippen molar-refractivity contribution < 1.29 is 4.39 Å². The zero-order chi connectivity index (χ0) is 10.8. The molecule has 0 aliphatic heterocycles. The van der Waals surface area contributed by atoms with E-state index in [1.165, 1.54) is 6.07 Å². The second-order valence-electron chi connectivity index (χ2n) is 3.51. The molecule has 0 atom stereocenters. The Morgan fingerprint density at radius 1 is 1.07 bits per heavy atom. The average molecular weight is 202 g/mol. The summed E-state index contributed by atoms with van der Waals surface area (Å²) in [4.78, 5) is 8.39. The summed E-state index contributed by atoms with van der Waals surface area (Å²) in [5.41, 5.74) is 3.15. The molecule has 2 aromatic rings. The summed E-state index contributed by atoms with van der Waals surface area (Å²) >= 11 is 0. The first-order valence-corrected chi connectivity index (χ1v) is 4.72. The number of nitrogens with zero attached hydrogens (tertiary/aromatic N) is 2. The van der Waals surface area contributed by atoms with Crippen molar-refractivity contribution in [1.29, 1.82) is 0 Å². The van der Waals surface area contributed by atoms with Gasteiger partial charge >= 0.3 is 0 Å². The topological polar surface area (TPSA) is 25.8 Å². The van der Waals surface area contributed by atoms with Crippen LogP contribution in [-0.2, 0) is 0 Å². The van der Waals surface area contributed by atoms with Crippen molar-refractivity contribution in [3.05, 3.63) is 47.7 Å². The van der Waals surface area contributed by atoms with Crippen molar-refractivity contribution >= 4 is 0 Å². The number of rotatable bonds is 1. The number of halogens is 1. The summed E-state index contributed by atoms with van der Waals surface area (Å²) in [6.45, 7) is 3.62. The molecule has 1 aromatic heterocycles. The minimum Gasteiger partial charge on any atom is -0.258 e. The zero-order valence-electron chi connectivity index (χ0n) is 8.66. The highest BCUT2D eigenvalue weighted by atomic mass is 19.1. The smallest absolute Gasteiger partial charge is 0.126 e. The van der Waals surface area contributed by atoms with Gasteiger partial charge in [-0.15, -0.1) is 0 Å². The summed E-state index contributed by atoms with van der Waals surface area (Å²) in [5.74, 6) is -0.196. The van der Waals surface area contributed by atoms with Crippen molar-refractivity contribution in [3.8, 4) is 11.3 Å². The standard InChI is InChI=1S/C12H11FN2/c1-8-5-10(3-4-11(8)13)12-7-14-9(2)6-15-12/h3-7H,1-2H3. The van der Waals surface area contributed by atoms with Crippen molar-refractivity contribution in [1.82, 2.24) is 9.97 Å². The molecule has 1 heterocycles. The van der Waals surface area contributed by atoms with E-state index in [4.69, 9.17) is 0 Å². The van der Waals surface area contributed by atoms with Gasteiger partial charge < -0.3 is 0 Å². The van der Waals surface area contributed by atoms with E-state index in [-0.39, 0.29) is 5.82 Å². The second-order valence-corrected chi connectivity index (χ2v) is 3.51. The monoisotopic (exact) mass is 202 g/mol. The Kier molecular flexibility index (Phi) is 2.46. The van der Waals surface area contributed by atoms with Crippen molar-refractivity contribution in [2.45, 2.75) is 13.8 Å². The highest BCUT2D eigenvalue weighted by Gasteiger charge is 2.02. The molecule has 0 aliphatic carbocycles. The molecule has 0 fully saturated rings. The third-order valence-electron chi connectivity index (χ3n) is 2.23. The summed E-state index contributed by atoms with van der Waals surface area (Å²) in [6, 6.07) is 4.93. The van der Waals surface area contributed by atoms with E-state index in [2.05, 4.69) is 9.97 Å². The predicted octanol–water partition coefficient (Wildman–Crippen LogP) is 2.90. The second kappa shape index (κ2) is 3.77. The van der Waals surface area contributed by atoms with Gasteiger partial charge in [0.1, 0.15) is 5.82 Å². The van der Waals surface area contributed by atoms with Crippen molar-refractivity contribution in [2.75, 3.05) is 0 Å². The van der Waals surface area contributed by atoms with Gasteiger partial charge in [0.15, 0.2) is 0 Å². The van der Waals surface area contributed by atoms with E-state index in [0.29, 0.717) is 5.56 Å². The molecule has 0 spiro atoms. The van der Waals surface area contributed by atoms with Crippen molar-refractivity contribution in [2.24, 2.45) is 0 Å². The van der Waals surface area contributed by atoms with Crippen LogP contribution in [0.2, 0.25) is 0 Å². The maximum atomic E-state index is 13.0. The first-order chi connectivity index (χ1) is 7.16. The minimum atomic E-state index is -0.196. The van der Waals surface area contributed by atoms with Crippen molar-refractivity contribution in [3.63, 3.8) is 0 Å². The van der Waals surface area contributed by atoms with Gasteiger partial charge in [0.25, 0.3) is 0 Å². The van der Waals surface area contributed by atoms with E-state index in [1.807, 2.05) is 6.92 Å². The largest absolute Gasteiger partial charge is 0.258 e. The first kappa shape index (κ1) is 9.77. The summed E-state index contributed by atoms with van der Waals surface area (Å²) < 4.78 is 13.0. The number of hydrogen-bond acceptors (Lipinski definition) is 2. The quantitative estimate of drug-likeness (QED) is 0.710. The fraction of sp³-hybridized carbons (Fsp3) is 0.167. The van der Waals surface area contributed by atoms with Crippen LogP contribution < -0.4 is 0 Å². The third-order valence-corrected chi connectivity index (χ3v) is 2.23. The molecule has 1 aromatic carbocycles. The molecule has 15 heavy (non-hydrogen) atoms. The molecule has 2 rings (SSSR count). The van der Waals surface area contributed by atoms with Gasteiger partial charge in [-0.1, -0.05) is 0 Å². The van der Waals surface area contributed by atoms with Crippen LogP contribution in [0.15, 0.2) is 30.6 Å². The van der Waals surface area contributed by atoms with Crippen LogP contribution in [0.25, 0.3) is 11.3 Å². The van der Waals surface area contributed by atoms with Crippen LogP contribution in [0.1, 0.15) is 11.3 Å². The molecule has 0 bridgehead atoms. The zero-order valence-corrected chi connectivity index (χ0v) is 8.66. The van der Waals surface area contributed by atoms with E-state index in [0.717, 1.165) is 17.0 Å². The Balaban J connectivity index is 2.45. The van der Waals surface area contributed by atoms with Crippen LogP contribution in [0.3, 0.4) is 0 Å². The predicted molar refractivity (Wildman–Crippen MR) is 56.9 cm³/mol. The Bertz CT molecular complexity index is 477. The van der Waals surface area contributed by atoms with E-state index >= 15 is 0 Å². The van der Waals surface area contributed by atoms with Gasteiger partial charge in [0.2, 0.25) is 0 Å². The lowest BCUT2D eigenvalue weighted by atomic mass is 10.1. The number of hydrogen-bond donors (Lipinski definition) is 0. The molecule has 0 saturated carbocycles. The maximum Gasteiger partial charge on any atom is 0.126 e. The van der Waals surface area contributed by atoms with Gasteiger partial charge in [-0.25, -0.2) is 4.39 Å². The fourth-order valence-corrected chi connectivity index (χ4v) is 1.35. The molecular formula is C12H11FN2. The Morgan fingerprint density at radius 2 is 1.87 bits per heavy atom. The Morgan fingerprint density at radius 3 is 2.47 bits per heavy atom. The number of benzene rings is 1. The SMILES string of the molecule is Cc1cnc(-c2ccc(F)c(C)c2)cn1. The van der Waals surface area contributed by atoms with E-state index in [1.54, 1.807) is 31.5 Å². The van der Waals surface area contributed by atoms with Crippen LogP contribution in [0.5, 0.6) is 0 Å². The Labute approximate surface area is 87.8 Å². The van der Waals surface area contributed by atoms with Gasteiger partial charge in [0.05, 0.1) is 17.6 Å². The number of aromatic nitrogens is 2. The maximum absolute atomic E-state index is 13.0. The average Bonchev–Trinajstić information content (AvgIpc) is 2.23. The fourth-order valence-electron chi connectivity index (χ4n) is 1.35. The number of aryl methyl sites for hydroxylation is 2. The first-order valence-electron chi connectivity index (χ1n) is 4.72. The summed E-state index contributed by atoms with van der Waals surface area (Å²) in [5, 5.41) is 0. The van der Waals surface area contributed by atoms with Gasteiger partial charge in [-0.3, -0.25) is 9.97 Å². The molecule has 3 heteroatoms. The normalized spacial score (nSPS) is 10.3.